The third-order valence-corrected chi connectivity index (χ3v) is 5.04. The molecule has 2 heteroatoms. The van der Waals surface area contributed by atoms with Crippen LogP contribution in [0.5, 0.6) is 0 Å². The molecular weight excluding hydrogens is 304 g/mol. The lowest BCUT2D eigenvalue weighted by Crippen LogP contribution is -2.54. The van der Waals surface area contributed by atoms with Crippen LogP contribution >= 0.6 is 0 Å². The number of nitrogens with one attached hydrogen (secondary N) is 1. The van der Waals surface area contributed by atoms with Crippen molar-refractivity contribution in [2.24, 2.45) is 0 Å². The predicted molar refractivity (Wildman–Crippen MR) is 103 cm³/mol. The molecule has 0 bridgehead atoms. The van der Waals surface area contributed by atoms with Crippen LogP contribution in [0.3, 0.4) is 0 Å². The third kappa shape index (κ3) is 3.13. The maximum Gasteiger partial charge on any atom is 0.0607 e. The second-order valence-corrected chi connectivity index (χ2v) is 6.55. The Bertz CT molecular complexity index is 788. The molecular formula is C23H22N2. The first kappa shape index (κ1) is 15.8. The van der Waals surface area contributed by atoms with E-state index in [0.717, 1.165) is 24.2 Å². The van der Waals surface area contributed by atoms with Crippen LogP contribution in [0.4, 0.5) is 0 Å². The number of hydrogen-bond donors (Lipinski definition) is 1. The van der Waals surface area contributed by atoms with Crippen LogP contribution in [-0.4, -0.2) is 23.2 Å². The monoisotopic (exact) mass is 326 g/mol. The van der Waals surface area contributed by atoms with E-state index >= 15 is 0 Å². The van der Waals surface area contributed by atoms with Gasteiger partial charge in [0.15, 0.2) is 0 Å². The van der Waals surface area contributed by atoms with Gasteiger partial charge in [-0.2, -0.15) is 0 Å². The Kier molecular flexibility index (Phi) is 4.45. The minimum Gasteiger partial charge on any atom is -0.303 e. The first-order valence-corrected chi connectivity index (χ1v) is 8.84. The molecule has 0 amide bonds. The van der Waals surface area contributed by atoms with Gasteiger partial charge in [-0.05, 0) is 23.1 Å². The molecule has 1 heterocycles. The van der Waals surface area contributed by atoms with E-state index in [1.807, 2.05) is 30.3 Å². The summed E-state index contributed by atoms with van der Waals surface area (Å²) in [6, 6.07) is 31.8. The summed E-state index contributed by atoms with van der Waals surface area (Å²) >= 11 is 0. The maximum atomic E-state index is 8.69. The van der Waals surface area contributed by atoms with Gasteiger partial charge in [0, 0.05) is 6.54 Å². The van der Waals surface area contributed by atoms with E-state index in [4.69, 9.17) is 5.41 Å². The van der Waals surface area contributed by atoms with Crippen LogP contribution in [0.2, 0.25) is 0 Å². The molecule has 0 saturated carbocycles. The SMILES string of the molecule is N=C(c1ccccc1)C1CCN1C(c1ccccc1)c1ccccc1. The fourth-order valence-electron chi connectivity index (χ4n) is 3.68. The molecule has 0 spiro atoms. The van der Waals surface area contributed by atoms with Crippen LogP contribution in [-0.2, 0) is 0 Å². The van der Waals surface area contributed by atoms with E-state index < -0.39 is 0 Å². The van der Waals surface area contributed by atoms with Gasteiger partial charge in [0.25, 0.3) is 0 Å². The Morgan fingerprint density at radius 3 is 1.68 bits per heavy atom. The summed E-state index contributed by atoms with van der Waals surface area (Å²) in [5.74, 6) is 0. The second kappa shape index (κ2) is 7.04. The minimum absolute atomic E-state index is 0.174. The van der Waals surface area contributed by atoms with Crippen molar-refractivity contribution in [3.8, 4) is 0 Å². The van der Waals surface area contributed by atoms with Crippen LogP contribution in [0, 0.1) is 5.41 Å². The Balaban J connectivity index is 1.67. The van der Waals surface area contributed by atoms with Gasteiger partial charge in [0.05, 0.1) is 17.8 Å². The number of nitrogens with zero attached hydrogens (tertiary/aromatic N) is 1. The summed E-state index contributed by atoms with van der Waals surface area (Å²) in [6.07, 6.45) is 1.05. The Morgan fingerprint density at radius 2 is 1.24 bits per heavy atom. The molecule has 4 rings (SSSR count). The van der Waals surface area contributed by atoms with Crippen LogP contribution in [0.15, 0.2) is 91.0 Å². The number of rotatable bonds is 5. The van der Waals surface area contributed by atoms with Crippen molar-refractivity contribution in [3.63, 3.8) is 0 Å². The quantitative estimate of drug-likeness (QED) is 0.662. The molecule has 1 saturated heterocycles. The lowest BCUT2D eigenvalue weighted by molar-refractivity contribution is 0.101. The van der Waals surface area contributed by atoms with Gasteiger partial charge >= 0.3 is 0 Å². The molecule has 0 aliphatic carbocycles. The van der Waals surface area contributed by atoms with Crippen molar-refractivity contribution < 1.29 is 0 Å². The first-order valence-electron chi connectivity index (χ1n) is 8.84. The van der Waals surface area contributed by atoms with Crippen LogP contribution < -0.4 is 0 Å². The molecule has 2 nitrogen and oxygen atoms in total. The summed E-state index contributed by atoms with van der Waals surface area (Å²) < 4.78 is 0. The Morgan fingerprint density at radius 1 is 0.760 bits per heavy atom. The van der Waals surface area contributed by atoms with Crippen LogP contribution in [0.25, 0.3) is 0 Å². The van der Waals surface area contributed by atoms with Gasteiger partial charge in [-0.15, -0.1) is 0 Å². The molecule has 0 radical (unpaired) electrons. The first-order chi connectivity index (χ1) is 12.3. The topological polar surface area (TPSA) is 27.1 Å². The highest BCUT2D eigenvalue weighted by Gasteiger charge is 2.38. The summed E-state index contributed by atoms with van der Waals surface area (Å²) in [5.41, 5.74) is 4.33. The highest BCUT2D eigenvalue weighted by molar-refractivity contribution is 6.02. The van der Waals surface area contributed by atoms with Crippen molar-refractivity contribution in [1.82, 2.24) is 4.90 Å². The molecule has 1 atom stereocenters. The highest BCUT2D eigenvalue weighted by Crippen LogP contribution is 2.36. The smallest absolute Gasteiger partial charge is 0.0607 e. The lowest BCUT2D eigenvalue weighted by atomic mass is 9.87. The average Bonchev–Trinajstić information content (AvgIpc) is 2.67. The van der Waals surface area contributed by atoms with Gasteiger partial charge in [-0.25, -0.2) is 0 Å². The summed E-state index contributed by atoms with van der Waals surface area (Å²) in [5, 5.41) is 8.69. The van der Waals surface area contributed by atoms with Gasteiger partial charge in [-0.3, -0.25) is 4.90 Å². The summed E-state index contributed by atoms with van der Waals surface area (Å²) in [7, 11) is 0. The summed E-state index contributed by atoms with van der Waals surface area (Å²) in [6.45, 7) is 1.02. The van der Waals surface area contributed by atoms with Crippen molar-refractivity contribution in [2.75, 3.05) is 6.54 Å². The zero-order chi connectivity index (χ0) is 17.1. The fourth-order valence-corrected chi connectivity index (χ4v) is 3.68. The molecule has 1 N–H and O–H groups in total. The van der Waals surface area contributed by atoms with Gasteiger partial charge in [-0.1, -0.05) is 91.0 Å². The Labute approximate surface area is 149 Å². The largest absolute Gasteiger partial charge is 0.303 e. The van der Waals surface area contributed by atoms with E-state index in [1.54, 1.807) is 0 Å². The molecule has 3 aromatic carbocycles. The van der Waals surface area contributed by atoms with Crippen molar-refractivity contribution in [2.45, 2.75) is 18.5 Å². The van der Waals surface area contributed by atoms with E-state index in [2.05, 4.69) is 65.6 Å². The van der Waals surface area contributed by atoms with E-state index in [-0.39, 0.29) is 12.1 Å². The van der Waals surface area contributed by atoms with Crippen molar-refractivity contribution >= 4 is 5.71 Å². The minimum atomic E-state index is 0.174. The second-order valence-electron chi connectivity index (χ2n) is 6.55. The van der Waals surface area contributed by atoms with E-state index in [0.29, 0.717) is 0 Å². The van der Waals surface area contributed by atoms with Crippen molar-refractivity contribution in [1.29, 1.82) is 5.41 Å². The standard InChI is InChI=1S/C23H22N2/c24-22(18-10-4-1-5-11-18)21-16-17-25(21)23(19-12-6-2-7-13-19)20-14-8-3-9-15-20/h1-15,21,23-24H,16-17H2. The number of hydrogen-bond acceptors (Lipinski definition) is 2. The molecule has 1 aliphatic heterocycles. The Hall–Kier alpha value is -2.71. The summed E-state index contributed by atoms with van der Waals surface area (Å²) in [4.78, 5) is 2.46. The molecule has 0 aromatic heterocycles. The van der Waals surface area contributed by atoms with Crippen LogP contribution in [0.1, 0.15) is 29.2 Å². The molecule has 124 valence electrons. The molecule has 1 fully saturated rings. The fraction of sp³-hybridized carbons (Fsp3) is 0.174. The average molecular weight is 326 g/mol. The van der Waals surface area contributed by atoms with Gasteiger partial charge < -0.3 is 5.41 Å². The maximum absolute atomic E-state index is 8.69. The molecule has 3 aromatic rings. The molecule has 25 heavy (non-hydrogen) atoms. The van der Waals surface area contributed by atoms with E-state index in [1.165, 1.54) is 11.1 Å². The zero-order valence-electron chi connectivity index (χ0n) is 14.2. The van der Waals surface area contributed by atoms with Crippen molar-refractivity contribution in [3.05, 3.63) is 108 Å². The normalized spacial score (nSPS) is 17.2. The van der Waals surface area contributed by atoms with Gasteiger partial charge in [0.2, 0.25) is 0 Å². The lowest BCUT2D eigenvalue weighted by Gasteiger charge is -2.46. The predicted octanol–water partition coefficient (Wildman–Crippen LogP) is 4.92. The highest BCUT2D eigenvalue weighted by atomic mass is 15.2. The van der Waals surface area contributed by atoms with E-state index in [9.17, 15) is 0 Å². The number of benzene rings is 3. The van der Waals surface area contributed by atoms with Gasteiger partial charge in [0.1, 0.15) is 0 Å². The number of likely N-dealkylation sites (tertiary alicyclic amines) is 1. The molecule has 1 aliphatic rings. The molecule has 1 unspecified atom stereocenters. The zero-order valence-corrected chi connectivity index (χ0v) is 14.2. The third-order valence-electron chi connectivity index (χ3n) is 5.04.